The zero-order valence-electron chi connectivity index (χ0n) is 18.2. The lowest BCUT2D eigenvalue weighted by molar-refractivity contribution is 0.174. The van der Waals surface area contributed by atoms with Crippen molar-refractivity contribution in [2.75, 3.05) is 13.3 Å². The number of amidine groups is 1. The number of hydrogen-bond acceptors (Lipinski definition) is 6. The minimum absolute atomic E-state index is 0.236. The van der Waals surface area contributed by atoms with Gasteiger partial charge in [0.25, 0.3) is 0 Å². The molecule has 0 bridgehead atoms. The van der Waals surface area contributed by atoms with Crippen LogP contribution in [0, 0.1) is 0 Å². The number of hydrogen-bond donors (Lipinski definition) is 0. The van der Waals surface area contributed by atoms with E-state index in [0.717, 1.165) is 29.7 Å². The van der Waals surface area contributed by atoms with Crippen LogP contribution in [0.5, 0.6) is 17.2 Å². The largest absolute Gasteiger partial charge is 0.454 e. The van der Waals surface area contributed by atoms with Crippen LogP contribution in [0.4, 0.5) is 0 Å². The van der Waals surface area contributed by atoms with Gasteiger partial charge in [0.15, 0.2) is 17.3 Å². The van der Waals surface area contributed by atoms with Gasteiger partial charge in [0, 0.05) is 29.6 Å². The smallest absolute Gasteiger partial charge is 0.231 e. The van der Waals surface area contributed by atoms with E-state index < -0.39 is 0 Å². The second-order valence-electron chi connectivity index (χ2n) is 6.24. The minimum atomic E-state index is 0.236. The lowest BCUT2D eigenvalue weighted by Crippen LogP contribution is -2.21. The van der Waals surface area contributed by atoms with Gasteiger partial charge in [-0.1, -0.05) is 26.0 Å². The first-order valence-electron chi connectivity index (χ1n) is 10.2. The standard InChI is InChI=1S/C19H17N3O3.C4H8.C2H4/c1-2-3-14-11-21-18(13-6-8-20-9-7-13)22-19(14)25-15-4-5-16-17(10-15)24-12-23-16;1-3-4-2;1-2/h3-10H,2,11-12H2,1H3;3H,1,4H2,2H3;1-2H2/b14-3+;;. The summed E-state index contributed by atoms with van der Waals surface area (Å²) in [6, 6.07) is 9.26. The summed E-state index contributed by atoms with van der Waals surface area (Å²) >= 11 is 0. The predicted octanol–water partition coefficient (Wildman–Crippen LogP) is 5.77. The number of allylic oxidation sites excluding steroid dienone is 2. The molecule has 0 unspecified atom stereocenters. The van der Waals surface area contributed by atoms with Crippen LogP contribution in [0.15, 0.2) is 90.2 Å². The highest BCUT2D eigenvalue weighted by Gasteiger charge is 2.19. The van der Waals surface area contributed by atoms with Gasteiger partial charge in [-0.25, -0.2) is 0 Å². The van der Waals surface area contributed by atoms with E-state index in [2.05, 4.69) is 54.6 Å². The molecule has 0 radical (unpaired) electrons. The number of pyridine rings is 1. The molecular weight excluding hydrogens is 390 g/mol. The van der Waals surface area contributed by atoms with Crippen LogP contribution >= 0.6 is 0 Å². The number of benzene rings is 1. The third-order valence-electron chi connectivity index (χ3n) is 4.12. The quantitative estimate of drug-likeness (QED) is 0.590. The van der Waals surface area contributed by atoms with E-state index in [-0.39, 0.29) is 6.79 Å². The van der Waals surface area contributed by atoms with E-state index in [9.17, 15) is 0 Å². The first-order valence-corrected chi connectivity index (χ1v) is 10.2. The molecule has 0 fully saturated rings. The Kier molecular flexibility index (Phi) is 9.75. The van der Waals surface area contributed by atoms with E-state index in [1.54, 1.807) is 12.4 Å². The van der Waals surface area contributed by atoms with Crippen LogP contribution in [-0.4, -0.2) is 30.1 Å². The van der Waals surface area contributed by atoms with Crippen molar-refractivity contribution in [2.45, 2.75) is 26.7 Å². The molecule has 0 aliphatic carbocycles. The maximum Gasteiger partial charge on any atom is 0.231 e. The van der Waals surface area contributed by atoms with Crippen molar-refractivity contribution in [3.8, 4) is 17.2 Å². The molecule has 0 saturated heterocycles. The molecule has 1 aromatic carbocycles. The topological polar surface area (TPSA) is 65.3 Å². The molecule has 2 aliphatic rings. The molecule has 6 heteroatoms. The minimum Gasteiger partial charge on any atom is -0.454 e. The van der Waals surface area contributed by atoms with Gasteiger partial charge in [-0.3, -0.25) is 9.98 Å². The van der Waals surface area contributed by atoms with E-state index >= 15 is 0 Å². The highest BCUT2D eigenvalue weighted by atomic mass is 16.7. The monoisotopic (exact) mass is 419 g/mol. The Labute approximate surface area is 184 Å². The Morgan fingerprint density at radius 1 is 1.03 bits per heavy atom. The normalized spacial score (nSPS) is 14.8. The fraction of sp³-hybridized carbons (Fsp3) is 0.240. The first-order chi connectivity index (χ1) is 15.2. The van der Waals surface area contributed by atoms with Gasteiger partial charge >= 0.3 is 0 Å². The average molecular weight is 420 g/mol. The van der Waals surface area contributed by atoms with Crippen molar-refractivity contribution in [3.05, 3.63) is 85.8 Å². The van der Waals surface area contributed by atoms with Crippen LogP contribution < -0.4 is 14.2 Å². The Morgan fingerprint density at radius 2 is 1.74 bits per heavy atom. The third-order valence-corrected chi connectivity index (χ3v) is 4.12. The molecule has 31 heavy (non-hydrogen) atoms. The Bertz CT molecular complexity index is 950. The van der Waals surface area contributed by atoms with Crippen molar-refractivity contribution < 1.29 is 14.2 Å². The summed E-state index contributed by atoms with van der Waals surface area (Å²) in [6.45, 7) is 14.4. The molecule has 162 valence electrons. The van der Waals surface area contributed by atoms with Crippen molar-refractivity contribution in [1.29, 1.82) is 0 Å². The van der Waals surface area contributed by atoms with E-state index in [4.69, 9.17) is 14.2 Å². The summed E-state index contributed by atoms with van der Waals surface area (Å²) in [7, 11) is 0. The molecule has 1 aromatic heterocycles. The molecular formula is C25H29N3O3. The van der Waals surface area contributed by atoms with Gasteiger partial charge in [0.2, 0.25) is 12.7 Å². The van der Waals surface area contributed by atoms with Crippen LogP contribution in [0.3, 0.4) is 0 Å². The molecule has 4 rings (SSSR count). The summed E-state index contributed by atoms with van der Waals surface area (Å²) in [4.78, 5) is 13.2. The maximum atomic E-state index is 6.05. The summed E-state index contributed by atoms with van der Waals surface area (Å²) in [5.74, 6) is 3.26. The fourth-order valence-corrected chi connectivity index (χ4v) is 2.63. The second-order valence-corrected chi connectivity index (χ2v) is 6.24. The Balaban J connectivity index is 0.000000513. The number of nitrogens with zero attached hydrogens (tertiary/aromatic N) is 3. The number of aromatic nitrogens is 1. The molecule has 0 atom stereocenters. The summed E-state index contributed by atoms with van der Waals surface area (Å²) < 4.78 is 16.8. The number of aliphatic imine (C=N–C) groups is 2. The van der Waals surface area contributed by atoms with Crippen molar-refractivity contribution in [3.63, 3.8) is 0 Å². The Morgan fingerprint density at radius 3 is 2.42 bits per heavy atom. The van der Waals surface area contributed by atoms with Gasteiger partial charge in [-0.2, -0.15) is 4.99 Å². The van der Waals surface area contributed by atoms with Crippen LogP contribution in [-0.2, 0) is 0 Å². The van der Waals surface area contributed by atoms with E-state index in [1.165, 1.54) is 0 Å². The van der Waals surface area contributed by atoms with Gasteiger partial charge in [0.1, 0.15) is 5.75 Å². The summed E-state index contributed by atoms with van der Waals surface area (Å²) in [6.07, 6.45) is 9.38. The van der Waals surface area contributed by atoms with E-state index in [0.29, 0.717) is 29.8 Å². The molecule has 6 nitrogen and oxygen atoms in total. The molecule has 0 spiro atoms. The van der Waals surface area contributed by atoms with Crippen LogP contribution in [0.1, 0.15) is 32.3 Å². The zero-order chi connectivity index (χ0) is 22.5. The SMILES string of the molecule is C=C.C=CCC.CC/C=C1\CN=C(c2ccncc2)N=C1Oc1ccc2c(c1)OCO2. The molecule has 0 N–H and O–H groups in total. The number of rotatable bonds is 4. The van der Waals surface area contributed by atoms with Crippen molar-refractivity contribution >= 4 is 11.7 Å². The van der Waals surface area contributed by atoms with Crippen LogP contribution in [0.2, 0.25) is 0 Å². The van der Waals surface area contributed by atoms with Gasteiger partial charge in [0.05, 0.1) is 6.54 Å². The van der Waals surface area contributed by atoms with Crippen molar-refractivity contribution in [2.24, 2.45) is 9.98 Å². The van der Waals surface area contributed by atoms with E-state index in [1.807, 2.05) is 36.4 Å². The summed E-state index contributed by atoms with van der Waals surface area (Å²) in [5.41, 5.74) is 1.88. The summed E-state index contributed by atoms with van der Waals surface area (Å²) in [5, 5.41) is 0. The molecule has 2 aliphatic heterocycles. The zero-order valence-corrected chi connectivity index (χ0v) is 18.2. The molecule has 2 aromatic rings. The highest BCUT2D eigenvalue weighted by Crippen LogP contribution is 2.35. The lowest BCUT2D eigenvalue weighted by atomic mass is 10.1. The first kappa shape index (κ1) is 23.6. The highest BCUT2D eigenvalue weighted by molar-refractivity contribution is 6.12. The second kappa shape index (κ2) is 12.8. The molecule has 0 saturated carbocycles. The third kappa shape index (κ3) is 6.67. The van der Waals surface area contributed by atoms with Gasteiger partial charge in [-0.15, -0.1) is 19.7 Å². The fourth-order valence-electron chi connectivity index (χ4n) is 2.63. The van der Waals surface area contributed by atoms with Crippen molar-refractivity contribution in [1.82, 2.24) is 4.98 Å². The van der Waals surface area contributed by atoms with Crippen LogP contribution in [0.25, 0.3) is 0 Å². The predicted molar refractivity (Wildman–Crippen MR) is 126 cm³/mol. The Hall–Kier alpha value is -3.67. The number of fused-ring (bicyclic) bond motifs is 1. The van der Waals surface area contributed by atoms with Gasteiger partial charge in [-0.05, 0) is 37.1 Å². The average Bonchev–Trinajstić information content (AvgIpc) is 3.30. The number of ether oxygens (including phenoxy) is 3. The lowest BCUT2D eigenvalue weighted by Gasteiger charge is -2.16. The maximum absolute atomic E-state index is 6.05. The molecule has 3 heterocycles. The molecule has 0 amide bonds. The van der Waals surface area contributed by atoms with Gasteiger partial charge < -0.3 is 14.2 Å².